The molecule has 2 aromatic rings. The molecule has 0 unspecified atom stereocenters. The minimum atomic E-state index is -3.26. The summed E-state index contributed by atoms with van der Waals surface area (Å²) in [6.45, 7) is 1.79. The second-order valence-electron chi connectivity index (χ2n) is 6.38. The van der Waals surface area contributed by atoms with Crippen molar-refractivity contribution in [1.29, 1.82) is 0 Å². The third-order valence-electron chi connectivity index (χ3n) is 4.56. The highest BCUT2D eigenvalue weighted by atomic mass is 35.5. The molecule has 1 aromatic heterocycles. The predicted octanol–water partition coefficient (Wildman–Crippen LogP) is 5.59. The molecule has 1 saturated carbocycles. The van der Waals surface area contributed by atoms with E-state index in [1.54, 1.807) is 31.2 Å². The Balaban J connectivity index is 1.76. The first-order valence-corrected chi connectivity index (χ1v) is 11.1. The Morgan fingerprint density at radius 3 is 2.37 bits per heavy atom. The fourth-order valence-electron chi connectivity index (χ4n) is 3.00. The van der Waals surface area contributed by atoms with E-state index in [2.05, 4.69) is 15.5 Å². The van der Waals surface area contributed by atoms with Gasteiger partial charge in [0.25, 0.3) is 0 Å². The molecule has 0 radical (unpaired) electrons. The van der Waals surface area contributed by atoms with E-state index in [0.717, 1.165) is 31.2 Å². The summed E-state index contributed by atoms with van der Waals surface area (Å²) in [5, 5.41) is 4.64. The molecule has 3 rings (SSSR count). The van der Waals surface area contributed by atoms with Crippen LogP contribution in [0.15, 0.2) is 40.3 Å². The molecular weight excluding hydrogens is 429 g/mol. The molecule has 27 heavy (non-hydrogen) atoms. The normalized spacial score (nSPS) is 15.9. The number of rotatable bonds is 5. The first kappa shape index (κ1) is 20.4. The van der Waals surface area contributed by atoms with Gasteiger partial charge in [-0.1, -0.05) is 59.8 Å². The Morgan fingerprint density at radius 1 is 1.11 bits per heavy atom. The Bertz CT molecular complexity index is 970. The van der Waals surface area contributed by atoms with Crippen molar-refractivity contribution in [3.8, 4) is 0 Å². The van der Waals surface area contributed by atoms with Gasteiger partial charge in [-0.2, -0.15) is 5.10 Å². The number of benzene rings is 1. The minimum Gasteiger partial charge on any atom is -0.260 e. The van der Waals surface area contributed by atoms with Gasteiger partial charge in [0.2, 0.25) is 0 Å². The third kappa shape index (κ3) is 4.57. The first-order chi connectivity index (χ1) is 12.8. The number of aromatic nitrogens is 1. The lowest BCUT2D eigenvalue weighted by Crippen LogP contribution is -2.17. The Hall–Kier alpha value is -1.34. The molecule has 1 aliphatic rings. The van der Waals surface area contributed by atoms with Crippen LogP contribution in [0.25, 0.3) is 0 Å². The lowest BCUT2D eigenvalue weighted by Gasteiger charge is -2.11. The molecule has 0 atom stereocenters. The average molecular weight is 447 g/mol. The standard InChI is InChI=1S/C18H18Cl3N3O2S/c1-11(23-24-18-16(20)10-15(19)17(21)22-18)12-6-8-14(9-7-12)27(25,26)13-4-2-3-5-13/h6-10,13H,2-5H2,1H3,(H,22,24). The van der Waals surface area contributed by atoms with Gasteiger partial charge in [-0.15, -0.1) is 0 Å². The Morgan fingerprint density at radius 2 is 1.74 bits per heavy atom. The molecule has 1 N–H and O–H groups in total. The number of hydrazone groups is 1. The molecule has 5 nitrogen and oxygen atoms in total. The molecule has 0 amide bonds. The highest BCUT2D eigenvalue weighted by Crippen LogP contribution is 2.30. The van der Waals surface area contributed by atoms with Crippen LogP contribution in [0.3, 0.4) is 0 Å². The molecule has 0 bridgehead atoms. The number of sulfone groups is 1. The van der Waals surface area contributed by atoms with Crippen LogP contribution in [0.5, 0.6) is 0 Å². The maximum absolute atomic E-state index is 12.6. The lowest BCUT2D eigenvalue weighted by atomic mass is 10.1. The maximum atomic E-state index is 12.6. The molecule has 144 valence electrons. The Kier molecular flexibility index (Phi) is 6.31. The number of nitrogens with one attached hydrogen (secondary N) is 1. The summed E-state index contributed by atoms with van der Waals surface area (Å²) in [7, 11) is -3.26. The van der Waals surface area contributed by atoms with Crippen LogP contribution in [0.4, 0.5) is 5.82 Å². The molecule has 9 heteroatoms. The van der Waals surface area contributed by atoms with E-state index >= 15 is 0 Å². The average Bonchev–Trinajstić information content (AvgIpc) is 3.19. The molecule has 1 aromatic carbocycles. The van der Waals surface area contributed by atoms with Gasteiger partial charge in [-0.25, -0.2) is 13.4 Å². The van der Waals surface area contributed by atoms with Crippen LogP contribution in [0, 0.1) is 0 Å². The van der Waals surface area contributed by atoms with Gasteiger partial charge in [0.15, 0.2) is 15.7 Å². The van der Waals surface area contributed by atoms with Crippen LogP contribution in [0.1, 0.15) is 38.2 Å². The number of hydrogen-bond acceptors (Lipinski definition) is 5. The quantitative estimate of drug-likeness (QED) is 0.369. The Labute approximate surface area is 173 Å². The van der Waals surface area contributed by atoms with Gasteiger partial charge < -0.3 is 0 Å². The van der Waals surface area contributed by atoms with Crippen LogP contribution >= 0.6 is 34.8 Å². The highest BCUT2D eigenvalue weighted by molar-refractivity contribution is 7.92. The van der Waals surface area contributed by atoms with Crippen molar-refractivity contribution >= 4 is 56.2 Å². The number of hydrogen-bond donors (Lipinski definition) is 1. The molecular formula is C18H18Cl3N3O2S. The van der Waals surface area contributed by atoms with Crippen molar-refractivity contribution in [1.82, 2.24) is 4.98 Å². The van der Waals surface area contributed by atoms with E-state index < -0.39 is 9.84 Å². The summed E-state index contributed by atoms with van der Waals surface area (Å²) in [5.74, 6) is 0.283. The SMILES string of the molecule is CC(=NNc1nc(Cl)c(Cl)cc1Cl)c1ccc(S(=O)(=O)C2CCCC2)cc1. The molecule has 1 fully saturated rings. The van der Waals surface area contributed by atoms with Crippen molar-refractivity contribution in [3.63, 3.8) is 0 Å². The second kappa shape index (κ2) is 8.35. The van der Waals surface area contributed by atoms with E-state index in [4.69, 9.17) is 34.8 Å². The molecule has 0 spiro atoms. The predicted molar refractivity (Wildman–Crippen MR) is 111 cm³/mol. The molecule has 0 saturated heterocycles. The van der Waals surface area contributed by atoms with Crippen LogP contribution in [0.2, 0.25) is 15.2 Å². The van der Waals surface area contributed by atoms with Crippen molar-refractivity contribution in [2.45, 2.75) is 42.8 Å². The van der Waals surface area contributed by atoms with E-state index in [0.29, 0.717) is 15.6 Å². The summed E-state index contributed by atoms with van der Waals surface area (Å²) < 4.78 is 25.3. The summed E-state index contributed by atoms with van der Waals surface area (Å²) in [5.41, 5.74) is 4.18. The molecule has 0 aliphatic heterocycles. The van der Waals surface area contributed by atoms with Crippen molar-refractivity contribution < 1.29 is 8.42 Å². The number of anilines is 1. The zero-order valence-electron chi connectivity index (χ0n) is 14.5. The van der Waals surface area contributed by atoms with Crippen LogP contribution in [-0.2, 0) is 9.84 Å². The fraction of sp³-hybridized carbons (Fsp3) is 0.333. The minimum absolute atomic E-state index is 0.123. The van der Waals surface area contributed by atoms with Gasteiger partial charge in [-0.3, -0.25) is 5.43 Å². The topological polar surface area (TPSA) is 71.4 Å². The lowest BCUT2D eigenvalue weighted by molar-refractivity contribution is 0.579. The number of pyridine rings is 1. The van der Waals surface area contributed by atoms with Crippen molar-refractivity contribution in [3.05, 3.63) is 51.1 Å². The van der Waals surface area contributed by atoms with Gasteiger partial charge in [0, 0.05) is 0 Å². The number of nitrogens with zero attached hydrogens (tertiary/aromatic N) is 2. The third-order valence-corrected chi connectivity index (χ3v) is 7.80. The van der Waals surface area contributed by atoms with Gasteiger partial charge >= 0.3 is 0 Å². The van der Waals surface area contributed by atoms with Crippen LogP contribution < -0.4 is 5.43 Å². The van der Waals surface area contributed by atoms with Gasteiger partial charge in [0.1, 0.15) is 5.15 Å². The molecule has 1 aliphatic carbocycles. The smallest absolute Gasteiger partial charge is 0.181 e. The second-order valence-corrected chi connectivity index (χ2v) is 9.78. The monoisotopic (exact) mass is 445 g/mol. The van der Waals surface area contributed by atoms with Gasteiger partial charge in [0.05, 0.1) is 25.9 Å². The largest absolute Gasteiger partial charge is 0.260 e. The summed E-state index contributed by atoms with van der Waals surface area (Å²) in [4.78, 5) is 4.39. The van der Waals surface area contributed by atoms with Crippen molar-refractivity contribution in [2.75, 3.05) is 5.43 Å². The molecule has 1 heterocycles. The summed E-state index contributed by atoms with van der Waals surface area (Å²) in [6, 6.07) is 8.23. The van der Waals surface area contributed by atoms with E-state index in [-0.39, 0.29) is 21.2 Å². The van der Waals surface area contributed by atoms with E-state index in [1.807, 2.05) is 0 Å². The summed E-state index contributed by atoms with van der Waals surface area (Å²) in [6.07, 6.45) is 3.44. The van der Waals surface area contributed by atoms with E-state index in [9.17, 15) is 8.42 Å². The summed E-state index contributed by atoms with van der Waals surface area (Å²) >= 11 is 17.8. The van der Waals surface area contributed by atoms with Crippen molar-refractivity contribution in [2.24, 2.45) is 5.10 Å². The zero-order valence-corrected chi connectivity index (χ0v) is 17.6. The number of halogens is 3. The van der Waals surface area contributed by atoms with Crippen LogP contribution in [-0.4, -0.2) is 24.4 Å². The van der Waals surface area contributed by atoms with Gasteiger partial charge in [-0.05, 0) is 43.5 Å². The zero-order chi connectivity index (χ0) is 19.6. The van der Waals surface area contributed by atoms with E-state index in [1.165, 1.54) is 6.07 Å². The highest BCUT2D eigenvalue weighted by Gasteiger charge is 2.30. The first-order valence-electron chi connectivity index (χ1n) is 8.45. The fourth-order valence-corrected chi connectivity index (χ4v) is 5.40. The maximum Gasteiger partial charge on any atom is 0.181 e.